The molecule has 2 aromatic carbocycles. The molecule has 0 aromatic heterocycles. The Bertz CT molecular complexity index is 614. The van der Waals surface area contributed by atoms with Gasteiger partial charge in [-0.05, 0) is 58.6 Å². The molecule has 0 spiro atoms. The molecular weight excluding hydrogens is 340 g/mol. The highest BCUT2D eigenvalue weighted by Gasteiger charge is 2.04. The molecule has 0 radical (unpaired) electrons. The van der Waals surface area contributed by atoms with Gasteiger partial charge in [-0.15, -0.1) is 11.8 Å². The van der Waals surface area contributed by atoms with Crippen LogP contribution in [0.5, 0.6) is 0 Å². The maximum absolute atomic E-state index is 5.61. The molecule has 0 atom stereocenters. The Hall–Kier alpha value is -1.04. The zero-order chi connectivity index (χ0) is 13.8. The number of nitrogens with two attached hydrogens (primary N) is 1. The number of hydrogen-bond acceptors (Lipinski definition) is 3. The van der Waals surface area contributed by atoms with Gasteiger partial charge in [0.2, 0.25) is 0 Å². The van der Waals surface area contributed by atoms with Gasteiger partial charge in [0.05, 0.1) is 5.69 Å². The molecule has 2 aromatic rings. The molecule has 3 N–H and O–H groups in total. The van der Waals surface area contributed by atoms with Gasteiger partial charge in [-0.3, -0.25) is 0 Å². The summed E-state index contributed by atoms with van der Waals surface area (Å²) in [6, 6.07) is 14.1. The summed E-state index contributed by atoms with van der Waals surface area (Å²) in [5.41, 5.74) is 8.50. The van der Waals surface area contributed by atoms with Crippen LogP contribution in [-0.4, -0.2) is 11.2 Å². The molecular formula is C14H13BrN2S2. The molecule has 0 unspecified atom stereocenters. The number of rotatable bonds is 4. The second-order valence-corrected chi connectivity index (χ2v) is 6.09. The average molecular weight is 353 g/mol. The van der Waals surface area contributed by atoms with Crippen LogP contribution in [0.15, 0.2) is 51.8 Å². The van der Waals surface area contributed by atoms with Gasteiger partial charge < -0.3 is 11.1 Å². The SMILES string of the molecule is CSc1cccc(Nc2ccc(C(N)=S)cc2Br)c1. The van der Waals surface area contributed by atoms with E-state index in [4.69, 9.17) is 18.0 Å². The van der Waals surface area contributed by atoms with Crippen LogP contribution in [0.3, 0.4) is 0 Å². The molecule has 0 amide bonds. The van der Waals surface area contributed by atoms with Crippen LogP contribution in [0.1, 0.15) is 5.56 Å². The number of hydrogen-bond donors (Lipinski definition) is 2. The summed E-state index contributed by atoms with van der Waals surface area (Å²) in [6.45, 7) is 0. The first-order valence-corrected chi connectivity index (χ1v) is 8.03. The van der Waals surface area contributed by atoms with E-state index in [1.165, 1.54) is 4.90 Å². The maximum Gasteiger partial charge on any atom is 0.104 e. The normalized spacial score (nSPS) is 10.2. The largest absolute Gasteiger partial charge is 0.389 e. The van der Waals surface area contributed by atoms with E-state index in [1.54, 1.807) is 11.8 Å². The lowest BCUT2D eigenvalue weighted by Gasteiger charge is -2.10. The van der Waals surface area contributed by atoms with E-state index in [0.29, 0.717) is 4.99 Å². The van der Waals surface area contributed by atoms with Gasteiger partial charge in [0.25, 0.3) is 0 Å². The highest BCUT2D eigenvalue weighted by atomic mass is 79.9. The zero-order valence-corrected chi connectivity index (χ0v) is 13.5. The van der Waals surface area contributed by atoms with E-state index in [0.717, 1.165) is 21.4 Å². The number of nitrogens with one attached hydrogen (secondary N) is 1. The van der Waals surface area contributed by atoms with E-state index in [-0.39, 0.29) is 0 Å². The third kappa shape index (κ3) is 3.72. The highest BCUT2D eigenvalue weighted by Crippen LogP contribution is 2.28. The lowest BCUT2D eigenvalue weighted by molar-refractivity contribution is 1.43. The Morgan fingerprint density at radius 1 is 1.26 bits per heavy atom. The van der Waals surface area contributed by atoms with E-state index < -0.39 is 0 Å². The van der Waals surface area contributed by atoms with Gasteiger partial charge in [0.15, 0.2) is 0 Å². The fourth-order valence-electron chi connectivity index (χ4n) is 1.63. The topological polar surface area (TPSA) is 38.0 Å². The molecule has 0 bridgehead atoms. The molecule has 0 fully saturated rings. The minimum atomic E-state index is 0.400. The monoisotopic (exact) mass is 352 g/mol. The van der Waals surface area contributed by atoms with Crippen LogP contribution in [0.4, 0.5) is 11.4 Å². The summed E-state index contributed by atoms with van der Waals surface area (Å²) >= 11 is 10.2. The Labute approximate surface area is 130 Å². The molecule has 0 aliphatic rings. The Kier molecular flexibility index (Phi) is 4.85. The van der Waals surface area contributed by atoms with Crippen molar-refractivity contribution < 1.29 is 0 Å². The molecule has 0 heterocycles. The third-order valence-corrected chi connectivity index (χ3v) is 4.22. The van der Waals surface area contributed by atoms with Crippen molar-refractivity contribution in [3.8, 4) is 0 Å². The lowest BCUT2D eigenvalue weighted by Crippen LogP contribution is -2.09. The quantitative estimate of drug-likeness (QED) is 0.625. The molecule has 0 saturated carbocycles. The minimum absolute atomic E-state index is 0.400. The van der Waals surface area contributed by atoms with E-state index in [1.807, 2.05) is 30.3 Å². The van der Waals surface area contributed by atoms with Crippen LogP contribution in [-0.2, 0) is 0 Å². The van der Waals surface area contributed by atoms with Crippen molar-refractivity contribution in [3.05, 3.63) is 52.5 Å². The smallest absolute Gasteiger partial charge is 0.104 e. The lowest BCUT2D eigenvalue weighted by atomic mass is 10.2. The number of anilines is 2. The Balaban J connectivity index is 2.25. The molecule has 5 heteroatoms. The van der Waals surface area contributed by atoms with Gasteiger partial charge in [-0.25, -0.2) is 0 Å². The van der Waals surface area contributed by atoms with Crippen LogP contribution in [0.25, 0.3) is 0 Å². The van der Waals surface area contributed by atoms with Gasteiger partial charge in [-0.1, -0.05) is 18.3 Å². The third-order valence-electron chi connectivity index (χ3n) is 2.60. The first-order valence-electron chi connectivity index (χ1n) is 5.60. The molecule has 98 valence electrons. The van der Waals surface area contributed by atoms with Crippen molar-refractivity contribution in [2.45, 2.75) is 4.90 Å². The molecule has 2 nitrogen and oxygen atoms in total. The highest BCUT2D eigenvalue weighted by molar-refractivity contribution is 9.10. The van der Waals surface area contributed by atoms with E-state index in [9.17, 15) is 0 Å². The zero-order valence-electron chi connectivity index (χ0n) is 10.3. The average Bonchev–Trinajstić information content (AvgIpc) is 2.41. The predicted octanol–water partition coefficient (Wildman–Crippen LogP) is 4.55. The summed E-state index contributed by atoms with van der Waals surface area (Å²) in [6.07, 6.45) is 2.06. The number of thioether (sulfide) groups is 1. The van der Waals surface area contributed by atoms with Crippen LogP contribution >= 0.6 is 39.9 Å². The van der Waals surface area contributed by atoms with Gasteiger partial charge in [0, 0.05) is 20.6 Å². The van der Waals surface area contributed by atoms with Crippen molar-refractivity contribution in [2.24, 2.45) is 5.73 Å². The molecule has 0 saturated heterocycles. The second-order valence-electron chi connectivity index (χ2n) is 3.92. The van der Waals surface area contributed by atoms with Crippen LogP contribution in [0.2, 0.25) is 0 Å². The summed E-state index contributed by atoms with van der Waals surface area (Å²) < 4.78 is 0.937. The minimum Gasteiger partial charge on any atom is -0.389 e. The first-order chi connectivity index (χ1) is 9.10. The summed E-state index contributed by atoms with van der Waals surface area (Å²) in [5.74, 6) is 0. The summed E-state index contributed by atoms with van der Waals surface area (Å²) in [7, 11) is 0. The van der Waals surface area contributed by atoms with Crippen molar-refractivity contribution in [1.29, 1.82) is 0 Å². The molecule has 0 aliphatic heterocycles. The Morgan fingerprint density at radius 2 is 2.05 bits per heavy atom. The molecule has 2 rings (SSSR count). The number of halogens is 1. The standard InChI is InChI=1S/C14H13BrN2S2/c1-19-11-4-2-3-10(8-11)17-13-6-5-9(14(16)18)7-12(13)15/h2-8,17H,1H3,(H2,16,18). The first kappa shape index (κ1) is 14.4. The second kappa shape index (κ2) is 6.41. The van der Waals surface area contributed by atoms with Crippen molar-refractivity contribution in [2.75, 3.05) is 11.6 Å². The fraction of sp³-hybridized carbons (Fsp3) is 0.0714. The summed E-state index contributed by atoms with van der Waals surface area (Å²) in [4.78, 5) is 1.62. The van der Waals surface area contributed by atoms with Gasteiger partial charge in [0.1, 0.15) is 4.99 Å². The fourth-order valence-corrected chi connectivity index (χ4v) is 2.69. The number of thiocarbonyl (C=S) groups is 1. The maximum atomic E-state index is 5.61. The Morgan fingerprint density at radius 3 is 2.68 bits per heavy atom. The van der Waals surface area contributed by atoms with Gasteiger partial charge >= 0.3 is 0 Å². The van der Waals surface area contributed by atoms with Crippen molar-refractivity contribution >= 4 is 56.3 Å². The van der Waals surface area contributed by atoms with E-state index >= 15 is 0 Å². The predicted molar refractivity (Wildman–Crippen MR) is 91.5 cm³/mol. The van der Waals surface area contributed by atoms with Crippen LogP contribution < -0.4 is 11.1 Å². The van der Waals surface area contributed by atoms with E-state index in [2.05, 4.69) is 39.6 Å². The number of benzene rings is 2. The van der Waals surface area contributed by atoms with Crippen molar-refractivity contribution in [1.82, 2.24) is 0 Å². The van der Waals surface area contributed by atoms with Crippen LogP contribution in [0, 0.1) is 0 Å². The summed E-state index contributed by atoms with van der Waals surface area (Å²) in [5, 5.41) is 3.37. The van der Waals surface area contributed by atoms with Crippen molar-refractivity contribution in [3.63, 3.8) is 0 Å². The molecule has 0 aliphatic carbocycles. The molecule has 19 heavy (non-hydrogen) atoms. The van der Waals surface area contributed by atoms with Gasteiger partial charge in [-0.2, -0.15) is 0 Å².